The Bertz CT molecular complexity index is 1230. The summed E-state index contributed by atoms with van der Waals surface area (Å²) in [7, 11) is 0. The van der Waals surface area contributed by atoms with Gasteiger partial charge in [-0.25, -0.2) is 4.79 Å². The molecule has 2 fully saturated rings. The van der Waals surface area contributed by atoms with Crippen LogP contribution in [-0.2, 0) is 16.0 Å². The quantitative estimate of drug-likeness (QED) is 0.362. The third-order valence-electron chi connectivity index (χ3n) is 6.76. The number of H-pyrrole nitrogens is 2. The smallest absolute Gasteiger partial charge is 0.475 e. The Morgan fingerprint density at radius 2 is 1.90 bits per heavy atom. The molecule has 2 aliphatic heterocycles. The van der Waals surface area contributed by atoms with E-state index in [9.17, 15) is 13.2 Å². The number of nitrogens with one attached hydrogen (secondary N) is 2. The lowest BCUT2D eigenvalue weighted by Gasteiger charge is -2.46. The van der Waals surface area contributed by atoms with Crippen molar-refractivity contribution in [3.8, 4) is 0 Å². The summed E-state index contributed by atoms with van der Waals surface area (Å²) in [4.78, 5) is 16.8. The van der Waals surface area contributed by atoms with Crippen LogP contribution in [0, 0.1) is 6.92 Å². The number of morpholine rings is 1. The third kappa shape index (κ3) is 7.61. The van der Waals surface area contributed by atoms with Crippen LogP contribution in [0.3, 0.4) is 0 Å². The molecular formula is C24H30ClF3N8O3. The van der Waals surface area contributed by atoms with Crippen LogP contribution in [0.4, 0.5) is 25.1 Å². The highest BCUT2D eigenvalue weighted by molar-refractivity contribution is 6.30. The number of halogens is 4. The van der Waals surface area contributed by atoms with Gasteiger partial charge in [0.15, 0.2) is 0 Å². The van der Waals surface area contributed by atoms with Gasteiger partial charge in [-0.3, -0.25) is 15.0 Å². The van der Waals surface area contributed by atoms with Crippen molar-refractivity contribution in [1.82, 2.24) is 30.3 Å². The predicted molar refractivity (Wildman–Crippen MR) is 137 cm³/mol. The number of carboxylic acid groups (broad SMARTS) is 1. The maximum Gasteiger partial charge on any atom is 0.490 e. The lowest BCUT2D eigenvalue weighted by atomic mass is 9.96. The summed E-state index contributed by atoms with van der Waals surface area (Å²) >= 11 is 6.09. The second-order valence-electron chi connectivity index (χ2n) is 9.52. The second-order valence-corrected chi connectivity index (χ2v) is 9.96. The molecule has 0 radical (unpaired) electrons. The molecule has 1 aromatic carbocycles. The van der Waals surface area contributed by atoms with Crippen LogP contribution in [0.15, 0.2) is 30.3 Å². The maximum atomic E-state index is 10.6. The van der Waals surface area contributed by atoms with Crippen molar-refractivity contribution < 1.29 is 27.8 Å². The van der Waals surface area contributed by atoms with Gasteiger partial charge in [-0.15, -0.1) is 10.2 Å². The zero-order chi connectivity index (χ0) is 28.2. The van der Waals surface area contributed by atoms with E-state index < -0.39 is 12.1 Å². The normalized spacial score (nSPS) is 20.9. The van der Waals surface area contributed by atoms with Gasteiger partial charge in [-0.2, -0.15) is 18.3 Å². The Morgan fingerprint density at radius 1 is 1.23 bits per heavy atom. The predicted octanol–water partition coefficient (Wildman–Crippen LogP) is 3.36. The average molecular weight is 571 g/mol. The minimum absolute atomic E-state index is 0.00442. The van der Waals surface area contributed by atoms with Crippen LogP contribution in [0.2, 0.25) is 5.02 Å². The highest BCUT2D eigenvalue weighted by atomic mass is 35.5. The minimum Gasteiger partial charge on any atom is -0.475 e. The number of carboxylic acids is 1. The fraction of sp³-hybridized carbons (Fsp3) is 0.500. The van der Waals surface area contributed by atoms with Crippen LogP contribution in [0.1, 0.15) is 35.9 Å². The first-order chi connectivity index (χ1) is 18.5. The first kappa shape index (κ1) is 28.6. The van der Waals surface area contributed by atoms with Gasteiger partial charge < -0.3 is 20.5 Å². The Balaban J connectivity index is 0.000000448. The van der Waals surface area contributed by atoms with E-state index in [1.807, 2.05) is 19.1 Å². The Morgan fingerprint density at radius 3 is 2.44 bits per heavy atom. The molecule has 0 aliphatic carbocycles. The molecule has 0 unspecified atom stereocenters. The number of nitrogens with zero attached hydrogens (tertiary/aromatic N) is 5. The SMILES string of the molecule is Cc1cc([C@H]2CN(C3CCN(c4nnc(N)[nH]4)CC3)[C@@H](Cc3ccc(Cl)cc3)CO2)[nH]n1.O=C(O)C(F)(F)F. The molecule has 2 aromatic heterocycles. The first-order valence-electron chi connectivity index (χ1n) is 12.4. The maximum absolute atomic E-state index is 10.6. The highest BCUT2D eigenvalue weighted by Gasteiger charge is 2.38. The summed E-state index contributed by atoms with van der Waals surface area (Å²) in [6.07, 6.45) is -2.05. The number of carbonyl (C=O) groups is 1. The second kappa shape index (κ2) is 12.2. The van der Waals surface area contributed by atoms with Crippen molar-refractivity contribution in [2.24, 2.45) is 0 Å². The van der Waals surface area contributed by atoms with Crippen molar-refractivity contribution >= 4 is 29.5 Å². The van der Waals surface area contributed by atoms with Crippen molar-refractivity contribution in [1.29, 1.82) is 0 Å². The number of piperidine rings is 1. The Labute approximate surface area is 227 Å². The number of aromatic nitrogens is 5. The molecule has 212 valence electrons. The van der Waals surface area contributed by atoms with Crippen LogP contribution >= 0.6 is 11.6 Å². The van der Waals surface area contributed by atoms with E-state index in [4.69, 9.17) is 32.0 Å². The molecule has 11 nitrogen and oxygen atoms in total. The van der Waals surface area contributed by atoms with Crippen LogP contribution in [0.5, 0.6) is 0 Å². The molecule has 2 saturated heterocycles. The summed E-state index contributed by atoms with van der Waals surface area (Å²) in [6.45, 7) is 5.36. The molecule has 0 bridgehead atoms. The summed E-state index contributed by atoms with van der Waals surface area (Å²) in [5, 5.41) is 23.4. The van der Waals surface area contributed by atoms with Crippen LogP contribution in [0.25, 0.3) is 0 Å². The number of nitrogens with two attached hydrogens (primary N) is 1. The topological polar surface area (TPSA) is 149 Å². The van der Waals surface area contributed by atoms with Crippen molar-refractivity contribution in [2.45, 2.75) is 50.6 Å². The van der Waals surface area contributed by atoms with Gasteiger partial charge in [-0.1, -0.05) is 23.7 Å². The van der Waals surface area contributed by atoms with E-state index >= 15 is 0 Å². The molecule has 5 N–H and O–H groups in total. The van der Waals surface area contributed by atoms with Gasteiger partial charge in [0.05, 0.1) is 18.0 Å². The van der Waals surface area contributed by atoms with Crippen molar-refractivity contribution in [3.05, 3.63) is 52.3 Å². The molecule has 2 aliphatic rings. The lowest BCUT2D eigenvalue weighted by Crippen LogP contribution is -2.55. The monoisotopic (exact) mass is 570 g/mol. The van der Waals surface area contributed by atoms with Gasteiger partial charge >= 0.3 is 12.1 Å². The van der Waals surface area contributed by atoms with Crippen LogP contribution < -0.4 is 10.6 Å². The fourth-order valence-corrected chi connectivity index (χ4v) is 4.97. The zero-order valence-corrected chi connectivity index (χ0v) is 21.9. The number of hydrogen-bond donors (Lipinski definition) is 4. The van der Waals surface area contributed by atoms with Crippen molar-refractivity contribution in [3.63, 3.8) is 0 Å². The van der Waals surface area contributed by atoms with Gasteiger partial charge in [0.1, 0.15) is 6.10 Å². The van der Waals surface area contributed by atoms with E-state index in [1.165, 1.54) is 5.56 Å². The fourth-order valence-electron chi connectivity index (χ4n) is 4.84. The van der Waals surface area contributed by atoms with Crippen LogP contribution in [-0.4, -0.2) is 85.9 Å². The number of nitrogen functional groups attached to an aromatic ring is 1. The molecule has 5 rings (SSSR count). The molecule has 2 atom stereocenters. The van der Waals surface area contributed by atoms with E-state index in [1.54, 1.807) is 0 Å². The molecule has 3 aromatic rings. The number of benzene rings is 1. The Kier molecular flexibility index (Phi) is 8.97. The summed E-state index contributed by atoms with van der Waals surface area (Å²) < 4.78 is 38.0. The van der Waals surface area contributed by atoms with Gasteiger partial charge in [0.2, 0.25) is 11.9 Å². The van der Waals surface area contributed by atoms with Crippen molar-refractivity contribution in [2.75, 3.05) is 36.9 Å². The van der Waals surface area contributed by atoms with E-state index in [0.29, 0.717) is 24.6 Å². The summed E-state index contributed by atoms with van der Waals surface area (Å²) in [5.41, 5.74) is 9.02. The number of hydrogen-bond acceptors (Lipinski definition) is 8. The number of ether oxygens (including phenoxy) is 1. The third-order valence-corrected chi connectivity index (χ3v) is 7.01. The number of aliphatic carboxylic acids is 1. The largest absolute Gasteiger partial charge is 0.490 e. The van der Waals surface area contributed by atoms with E-state index in [-0.39, 0.29) is 6.10 Å². The van der Waals surface area contributed by atoms with E-state index in [0.717, 1.165) is 61.3 Å². The van der Waals surface area contributed by atoms with Gasteiger partial charge in [-0.05, 0) is 49.9 Å². The highest BCUT2D eigenvalue weighted by Crippen LogP contribution is 2.31. The minimum atomic E-state index is -5.08. The molecule has 0 amide bonds. The molecular weight excluding hydrogens is 541 g/mol. The van der Waals surface area contributed by atoms with E-state index in [2.05, 4.69) is 53.4 Å². The molecule has 4 heterocycles. The average Bonchev–Trinajstić information content (AvgIpc) is 3.54. The summed E-state index contributed by atoms with van der Waals surface area (Å²) in [5.74, 6) is -1.64. The number of aromatic amines is 2. The molecule has 15 heteroatoms. The van der Waals surface area contributed by atoms with Gasteiger partial charge in [0, 0.05) is 36.7 Å². The number of alkyl halides is 3. The number of anilines is 2. The number of aryl methyl sites for hydroxylation is 1. The zero-order valence-electron chi connectivity index (χ0n) is 21.2. The summed E-state index contributed by atoms with van der Waals surface area (Å²) in [6, 6.07) is 11.0. The first-order valence-corrected chi connectivity index (χ1v) is 12.7. The number of rotatable bonds is 5. The standard InChI is InChI=1S/C22H29ClN8O.C2HF3O2/c1-14-10-19(27-26-14)20-12-31(18(13-32-20)11-15-2-4-16(23)5-3-15)17-6-8-30(9-7-17)22-25-21(24)28-29-22;3-2(4,5)1(6)7/h2-5,10,17-18,20H,6-9,11-13H2,1H3,(H,26,27)(H3,24,25,28,29);(H,6,7)/t18-,20+;/m0./s1. The molecule has 0 saturated carbocycles. The van der Waals surface area contributed by atoms with Gasteiger partial charge in [0.25, 0.3) is 0 Å². The Hall–Kier alpha value is -3.36. The lowest BCUT2D eigenvalue weighted by molar-refractivity contribution is -0.192. The molecule has 39 heavy (non-hydrogen) atoms. The molecule has 0 spiro atoms.